The third-order valence-electron chi connectivity index (χ3n) is 6.35. The van der Waals surface area contributed by atoms with Crippen molar-refractivity contribution in [1.82, 2.24) is 24.8 Å². The van der Waals surface area contributed by atoms with Gasteiger partial charge >= 0.3 is 12.2 Å². The van der Waals surface area contributed by atoms with Crippen molar-refractivity contribution in [2.75, 3.05) is 18.5 Å². The number of nitrogens with zero attached hydrogens (tertiary/aromatic N) is 4. The maximum Gasteiger partial charge on any atom is 0.434 e. The van der Waals surface area contributed by atoms with Crippen molar-refractivity contribution in [3.63, 3.8) is 0 Å². The summed E-state index contributed by atoms with van der Waals surface area (Å²) < 4.78 is 41.7. The molecule has 4 aromatic heterocycles. The van der Waals surface area contributed by atoms with E-state index in [1.807, 2.05) is 20.8 Å². The molecular weight excluding hydrogens is 561 g/mol. The number of pyridine rings is 3. The molecule has 0 radical (unpaired) electrons. The number of aliphatic hydroxyl groups excluding tert-OH is 1. The van der Waals surface area contributed by atoms with Crippen molar-refractivity contribution in [3.05, 3.63) is 57.6 Å². The van der Waals surface area contributed by atoms with E-state index >= 15 is 0 Å². The van der Waals surface area contributed by atoms with Crippen molar-refractivity contribution in [3.8, 4) is 21.7 Å². The van der Waals surface area contributed by atoms with Crippen LogP contribution in [0.5, 0.6) is 0 Å². The van der Waals surface area contributed by atoms with E-state index in [0.717, 1.165) is 16.7 Å². The molecule has 14 heteroatoms. The lowest BCUT2D eigenvalue weighted by Gasteiger charge is -2.32. The van der Waals surface area contributed by atoms with Gasteiger partial charge in [0.15, 0.2) is 12.0 Å². The largest absolute Gasteiger partial charge is 0.434 e. The summed E-state index contributed by atoms with van der Waals surface area (Å²) in [5, 5.41) is 16.2. The molecule has 0 aliphatic heterocycles. The lowest BCUT2D eigenvalue weighted by atomic mass is 9.86. The van der Waals surface area contributed by atoms with Gasteiger partial charge in [-0.25, -0.2) is 19.7 Å². The highest BCUT2D eigenvalue weighted by Crippen LogP contribution is 2.39. The van der Waals surface area contributed by atoms with Crippen LogP contribution in [0.15, 0.2) is 40.9 Å². The quantitative estimate of drug-likeness (QED) is 0.254. The van der Waals surface area contributed by atoms with Gasteiger partial charge in [0, 0.05) is 47.2 Å². The number of hydrogen-bond acceptors (Lipinski definition) is 8. The smallest absolute Gasteiger partial charge is 0.394 e. The van der Waals surface area contributed by atoms with Gasteiger partial charge in [0.05, 0.1) is 23.6 Å². The molecule has 2 amide bonds. The molecule has 4 rings (SSSR count). The predicted octanol–water partition coefficient (Wildman–Crippen LogP) is 5.13. The number of alkyl halides is 3. The minimum absolute atomic E-state index is 0.000835. The van der Waals surface area contributed by atoms with Crippen molar-refractivity contribution in [2.45, 2.75) is 39.9 Å². The molecule has 10 nitrogen and oxygen atoms in total. The number of thiazole rings is 1. The minimum Gasteiger partial charge on any atom is -0.394 e. The Labute approximate surface area is 236 Å². The molecule has 1 atom stereocenters. The highest BCUT2D eigenvalue weighted by atomic mass is 32.1. The van der Waals surface area contributed by atoms with Crippen LogP contribution in [0.2, 0.25) is 0 Å². The van der Waals surface area contributed by atoms with Crippen molar-refractivity contribution in [2.24, 2.45) is 5.41 Å². The zero-order valence-electron chi connectivity index (χ0n) is 22.5. The second-order valence-corrected chi connectivity index (χ2v) is 11.1. The number of halogens is 3. The number of anilines is 1. The second-order valence-electron chi connectivity index (χ2n) is 10.2. The van der Waals surface area contributed by atoms with E-state index in [9.17, 15) is 32.7 Å². The van der Waals surface area contributed by atoms with Crippen molar-refractivity contribution in [1.29, 1.82) is 0 Å². The first-order valence-corrected chi connectivity index (χ1v) is 13.4. The van der Waals surface area contributed by atoms with E-state index in [4.69, 9.17) is 0 Å². The Morgan fingerprint density at radius 3 is 2.49 bits per heavy atom. The van der Waals surface area contributed by atoms with E-state index in [-0.39, 0.29) is 39.6 Å². The first kappa shape index (κ1) is 29.8. The second kappa shape index (κ2) is 11.4. The summed E-state index contributed by atoms with van der Waals surface area (Å²) in [7, 11) is 0. The summed E-state index contributed by atoms with van der Waals surface area (Å²) in [5.74, 6) is 0.0637. The molecule has 0 bridgehead atoms. The fraction of sp³-hybridized carbons (Fsp3) is 0.333. The number of aromatic nitrogens is 4. The number of rotatable bonds is 7. The van der Waals surface area contributed by atoms with E-state index in [0.29, 0.717) is 24.0 Å². The van der Waals surface area contributed by atoms with Crippen LogP contribution in [0.25, 0.3) is 32.7 Å². The SMILES string of the molecule is CCNC(=O)Nc1cc(-c2nc(C(F)(F)F)cs2)c(-c2cnc3c(c2)c(=O)c(C=O)cn3[C@H](CO)C(C)(C)C)cn1. The molecule has 0 aromatic carbocycles. The highest BCUT2D eigenvalue weighted by molar-refractivity contribution is 7.13. The van der Waals surface area contributed by atoms with Gasteiger partial charge < -0.3 is 15.0 Å². The van der Waals surface area contributed by atoms with Crippen LogP contribution in [-0.2, 0) is 6.18 Å². The molecule has 0 aliphatic carbocycles. The van der Waals surface area contributed by atoms with Crippen LogP contribution >= 0.6 is 11.3 Å². The molecule has 0 unspecified atom stereocenters. The number of hydrogen-bond donors (Lipinski definition) is 3. The topological polar surface area (TPSA) is 139 Å². The Kier molecular flexibility index (Phi) is 8.27. The van der Waals surface area contributed by atoms with E-state index in [2.05, 4.69) is 25.6 Å². The number of nitrogens with one attached hydrogen (secondary N) is 2. The van der Waals surface area contributed by atoms with Gasteiger partial charge in [-0.15, -0.1) is 11.3 Å². The monoisotopic (exact) mass is 588 g/mol. The summed E-state index contributed by atoms with van der Waals surface area (Å²) in [6.45, 7) is 7.45. The summed E-state index contributed by atoms with van der Waals surface area (Å²) in [4.78, 5) is 49.5. The summed E-state index contributed by atoms with van der Waals surface area (Å²) in [5.41, 5.74) is -1.25. The van der Waals surface area contributed by atoms with Crippen LogP contribution in [0.3, 0.4) is 0 Å². The number of amides is 2. The first-order valence-electron chi connectivity index (χ1n) is 12.5. The van der Waals surface area contributed by atoms with E-state index in [1.165, 1.54) is 30.7 Å². The molecule has 0 spiro atoms. The number of urea groups is 1. The molecule has 0 saturated carbocycles. The Morgan fingerprint density at radius 2 is 1.90 bits per heavy atom. The fourth-order valence-corrected chi connectivity index (χ4v) is 5.14. The number of aliphatic hydroxyl groups is 1. The lowest BCUT2D eigenvalue weighted by molar-refractivity contribution is -0.140. The highest BCUT2D eigenvalue weighted by Gasteiger charge is 2.34. The number of carbonyl (C=O) groups excluding carboxylic acids is 2. The predicted molar refractivity (Wildman–Crippen MR) is 149 cm³/mol. The van der Waals surface area contributed by atoms with E-state index in [1.54, 1.807) is 11.5 Å². The van der Waals surface area contributed by atoms with Crippen LogP contribution in [-0.4, -0.2) is 50.1 Å². The van der Waals surface area contributed by atoms with Gasteiger partial charge in [0.2, 0.25) is 5.43 Å². The molecule has 4 aromatic rings. The summed E-state index contributed by atoms with van der Waals surface area (Å²) in [6, 6.07) is 1.77. The normalized spacial score (nSPS) is 12.8. The molecule has 216 valence electrons. The molecule has 3 N–H and O–H groups in total. The van der Waals surface area contributed by atoms with Crippen LogP contribution in [0, 0.1) is 5.41 Å². The number of aldehydes is 1. The van der Waals surface area contributed by atoms with Gasteiger partial charge in [-0.3, -0.25) is 14.9 Å². The molecule has 4 heterocycles. The van der Waals surface area contributed by atoms with Gasteiger partial charge in [0.1, 0.15) is 16.5 Å². The summed E-state index contributed by atoms with van der Waals surface area (Å²) >= 11 is 0.754. The zero-order valence-corrected chi connectivity index (χ0v) is 23.4. The van der Waals surface area contributed by atoms with Crippen LogP contribution in [0.4, 0.5) is 23.8 Å². The van der Waals surface area contributed by atoms with Gasteiger partial charge in [-0.1, -0.05) is 20.8 Å². The third-order valence-corrected chi connectivity index (χ3v) is 7.23. The average Bonchev–Trinajstić information content (AvgIpc) is 3.41. The Morgan fingerprint density at radius 1 is 1.17 bits per heavy atom. The average molecular weight is 589 g/mol. The van der Waals surface area contributed by atoms with E-state index < -0.39 is 34.8 Å². The molecule has 0 saturated heterocycles. The fourth-order valence-electron chi connectivity index (χ4n) is 4.28. The maximum atomic E-state index is 13.4. The lowest BCUT2D eigenvalue weighted by Crippen LogP contribution is -2.30. The number of fused-ring (bicyclic) bond motifs is 1. The molecule has 0 aliphatic rings. The standard InChI is InChI=1S/C27H27F3N6O4S/c1-5-31-25(40)35-21-7-16(24-34-19(13-41-24)27(28,29)30)18(9-32-21)14-6-17-22(39)15(11-37)10-36(23(17)33-8-14)20(12-38)26(2,3)4/h6-11,13,20,38H,5,12H2,1-4H3,(H2,31,32,35,40)/t20-/m1/s1. The number of carbonyl (C=O) groups is 2. The first-order chi connectivity index (χ1) is 19.3. The van der Waals surface area contributed by atoms with Crippen LogP contribution < -0.4 is 16.1 Å². The van der Waals surface area contributed by atoms with Crippen molar-refractivity contribution < 1.29 is 27.9 Å². The molecule has 0 fully saturated rings. The third kappa shape index (κ3) is 6.12. The zero-order chi connectivity index (χ0) is 30.1. The molecule has 41 heavy (non-hydrogen) atoms. The van der Waals surface area contributed by atoms with Crippen LogP contribution in [0.1, 0.15) is 49.8 Å². The Bertz CT molecular complexity index is 1680. The maximum absolute atomic E-state index is 13.4. The Hall–Kier alpha value is -4.17. The van der Waals surface area contributed by atoms with Gasteiger partial charge in [-0.2, -0.15) is 13.2 Å². The van der Waals surface area contributed by atoms with Crippen molar-refractivity contribution >= 4 is 40.5 Å². The Balaban J connectivity index is 1.95. The minimum atomic E-state index is -4.67. The van der Waals surface area contributed by atoms with Gasteiger partial charge in [0.25, 0.3) is 0 Å². The summed E-state index contributed by atoms with van der Waals surface area (Å²) in [6.07, 6.45) is -0.125. The van der Waals surface area contributed by atoms with Gasteiger partial charge in [-0.05, 0) is 24.5 Å². The molecular formula is C27H27F3N6O4S.